The fraction of sp³-hybridized carbons (Fsp3) is 0.375. The van der Waals surface area contributed by atoms with Gasteiger partial charge in [0.1, 0.15) is 0 Å². The van der Waals surface area contributed by atoms with Gasteiger partial charge in [-0.1, -0.05) is 18.2 Å². The number of allylic oxidation sites excluding steroid dienone is 1. The van der Waals surface area contributed by atoms with Gasteiger partial charge in [-0.3, -0.25) is 8.32 Å². The number of nitrogens with one attached hydrogen (secondary N) is 1. The molecule has 78 valence electrons. The van der Waals surface area contributed by atoms with Crippen LogP contribution < -0.4 is 3.53 Å². The summed E-state index contributed by atoms with van der Waals surface area (Å²) < 4.78 is 24.9. The number of rotatable bonds is 2. The van der Waals surface area contributed by atoms with E-state index in [0.717, 1.165) is 0 Å². The number of hydrogen-bond donors (Lipinski definition) is 1. The highest BCUT2D eigenvalue weighted by Crippen LogP contribution is 2.16. The van der Waals surface area contributed by atoms with E-state index in [0.29, 0.717) is 12.0 Å². The molecule has 1 aliphatic rings. The largest absolute Gasteiger partial charge is 0.295 e. The molecule has 0 heterocycles. The van der Waals surface area contributed by atoms with Crippen LogP contribution in [-0.4, -0.2) is 25.8 Å². The summed E-state index contributed by atoms with van der Waals surface area (Å²) in [6.45, 7) is 0. The van der Waals surface area contributed by atoms with Gasteiger partial charge in [0, 0.05) is 11.8 Å². The molecule has 6 heteroatoms. The van der Waals surface area contributed by atoms with Crippen LogP contribution in [0.3, 0.4) is 0 Å². The molecule has 14 heavy (non-hydrogen) atoms. The van der Waals surface area contributed by atoms with Crippen LogP contribution in [-0.2, 0) is 14.6 Å². The summed E-state index contributed by atoms with van der Waals surface area (Å²) in [6, 6.07) is 0. The van der Waals surface area contributed by atoms with Crippen LogP contribution in [0.4, 0.5) is 0 Å². The van der Waals surface area contributed by atoms with E-state index in [1.807, 2.05) is 0 Å². The number of sulfone groups is 1. The van der Waals surface area contributed by atoms with Crippen molar-refractivity contribution in [2.45, 2.75) is 11.7 Å². The number of carbonyl (C=O) groups is 1. The van der Waals surface area contributed by atoms with E-state index in [1.54, 1.807) is 35.0 Å². The Balaban J connectivity index is 2.95. The second kappa shape index (κ2) is 4.43. The second-order valence-electron chi connectivity index (χ2n) is 3.05. The Labute approximate surface area is 96.9 Å². The summed E-state index contributed by atoms with van der Waals surface area (Å²) >= 11 is 1.72. The summed E-state index contributed by atoms with van der Waals surface area (Å²) in [5.74, 6) is -0.268. The molecular formula is C8H10INO3S. The number of carbonyl (C=O) groups excluding carboxylic acids is 1. The van der Waals surface area contributed by atoms with Gasteiger partial charge in [0.05, 0.1) is 28.1 Å². The third-order valence-corrected chi connectivity index (χ3v) is 3.85. The Kier molecular flexibility index (Phi) is 3.71. The molecule has 0 aromatic rings. The van der Waals surface area contributed by atoms with Gasteiger partial charge in [0.15, 0.2) is 9.84 Å². The predicted molar refractivity (Wildman–Crippen MR) is 62.6 cm³/mol. The summed E-state index contributed by atoms with van der Waals surface area (Å²) in [5, 5.41) is -0.573. The third-order valence-electron chi connectivity index (χ3n) is 1.93. The van der Waals surface area contributed by atoms with Crippen LogP contribution in [0.2, 0.25) is 0 Å². The van der Waals surface area contributed by atoms with Crippen LogP contribution in [0.15, 0.2) is 23.8 Å². The van der Waals surface area contributed by atoms with Crippen LogP contribution in [0.5, 0.6) is 0 Å². The lowest BCUT2D eigenvalue weighted by atomic mass is 10.1. The Morgan fingerprint density at radius 2 is 2.29 bits per heavy atom. The Hall–Kier alpha value is -0.370. The van der Waals surface area contributed by atoms with Crippen molar-refractivity contribution in [1.82, 2.24) is 3.53 Å². The summed E-state index contributed by atoms with van der Waals surface area (Å²) in [4.78, 5) is 11.2. The summed E-state index contributed by atoms with van der Waals surface area (Å²) in [5.41, 5.74) is 0.404. The molecule has 0 aromatic heterocycles. The molecule has 1 unspecified atom stereocenters. The molecule has 0 saturated carbocycles. The highest BCUT2D eigenvalue weighted by Gasteiger charge is 2.21. The molecule has 0 aliphatic heterocycles. The van der Waals surface area contributed by atoms with Crippen molar-refractivity contribution < 1.29 is 13.2 Å². The number of hydrogen-bond acceptors (Lipinski definition) is 3. The van der Waals surface area contributed by atoms with E-state index in [4.69, 9.17) is 0 Å². The Bertz CT molecular complexity index is 397. The molecule has 0 saturated heterocycles. The van der Waals surface area contributed by atoms with Crippen LogP contribution in [0.25, 0.3) is 0 Å². The zero-order valence-electron chi connectivity index (χ0n) is 7.53. The average molecular weight is 327 g/mol. The monoisotopic (exact) mass is 327 g/mol. The molecule has 1 N–H and O–H groups in total. The van der Waals surface area contributed by atoms with Crippen molar-refractivity contribution in [1.29, 1.82) is 0 Å². The van der Waals surface area contributed by atoms with E-state index >= 15 is 0 Å². The zero-order valence-corrected chi connectivity index (χ0v) is 10.5. The van der Waals surface area contributed by atoms with Crippen LogP contribution >= 0.6 is 22.9 Å². The molecule has 0 fully saturated rings. The van der Waals surface area contributed by atoms with Gasteiger partial charge in [0.2, 0.25) is 0 Å². The molecule has 0 spiro atoms. The first-order valence-electron chi connectivity index (χ1n) is 3.93. The van der Waals surface area contributed by atoms with E-state index in [-0.39, 0.29) is 5.91 Å². The van der Waals surface area contributed by atoms with Gasteiger partial charge in [0.25, 0.3) is 5.91 Å². The van der Waals surface area contributed by atoms with Gasteiger partial charge in [-0.15, -0.1) is 0 Å². The molecule has 0 bridgehead atoms. The van der Waals surface area contributed by atoms with Gasteiger partial charge < -0.3 is 0 Å². The first-order valence-corrected chi connectivity index (χ1v) is 6.96. The normalized spacial score (nSPS) is 21.6. The van der Waals surface area contributed by atoms with Crippen LogP contribution in [0, 0.1) is 0 Å². The standard InChI is InChI=1S/C8H10INO3S/c1-14(12,13)7-4-2-3-6(5-7)8(11)10-9/h2-3,5,7H,4H2,1H3,(H,10,11). The summed E-state index contributed by atoms with van der Waals surface area (Å²) in [6.07, 6.45) is 6.44. The first kappa shape index (κ1) is 11.7. The lowest BCUT2D eigenvalue weighted by Crippen LogP contribution is -2.23. The maximum absolute atomic E-state index is 11.2. The fourth-order valence-corrected chi connectivity index (χ4v) is 2.32. The molecule has 1 rings (SSSR count). The fourth-order valence-electron chi connectivity index (χ4n) is 1.16. The van der Waals surface area contributed by atoms with Gasteiger partial charge in [-0.25, -0.2) is 8.42 Å². The second-order valence-corrected chi connectivity index (χ2v) is 5.86. The van der Waals surface area contributed by atoms with Crippen molar-refractivity contribution in [3.63, 3.8) is 0 Å². The smallest absolute Gasteiger partial charge is 0.259 e. The minimum Gasteiger partial charge on any atom is -0.295 e. The third kappa shape index (κ3) is 2.81. The van der Waals surface area contributed by atoms with Crippen molar-refractivity contribution in [3.05, 3.63) is 23.8 Å². The Morgan fingerprint density at radius 3 is 2.79 bits per heavy atom. The molecule has 1 atom stereocenters. The molecule has 4 nitrogen and oxygen atoms in total. The van der Waals surface area contributed by atoms with Crippen molar-refractivity contribution in [3.8, 4) is 0 Å². The van der Waals surface area contributed by atoms with Gasteiger partial charge in [-0.2, -0.15) is 0 Å². The molecule has 1 aliphatic carbocycles. The SMILES string of the molecule is CS(=O)(=O)C1C=C(C(=O)NI)C=CC1. The molecular weight excluding hydrogens is 317 g/mol. The van der Waals surface area contributed by atoms with Gasteiger partial charge in [-0.05, 0) is 6.42 Å². The average Bonchev–Trinajstić information content (AvgIpc) is 2.15. The van der Waals surface area contributed by atoms with Gasteiger partial charge >= 0.3 is 0 Å². The van der Waals surface area contributed by atoms with E-state index < -0.39 is 15.1 Å². The molecule has 0 aromatic carbocycles. The van der Waals surface area contributed by atoms with Crippen LogP contribution in [0.1, 0.15) is 6.42 Å². The van der Waals surface area contributed by atoms with Crippen molar-refractivity contribution in [2.75, 3.05) is 6.26 Å². The van der Waals surface area contributed by atoms with E-state index in [2.05, 4.69) is 3.53 Å². The summed E-state index contributed by atoms with van der Waals surface area (Å²) in [7, 11) is -3.11. The molecule has 0 radical (unpaired) electrons. The highest BCUT2D eigenvalue weighted by molar-refractivity contribution is 14.1. The number of halogens is 1. The Morgan fingerprint density at radius 1 is 1.64 bits per heavy atom. The van der Waals surface area contributed by atoms with Crippen molar-refractivity contribution >= 4 is 38.6 Å². The first-order chi connectivity index (χ1) is 6.45. The quantitative estimate of drug-likeness (QED) is 0.601. The van der Waals surface area contributed by atoms with E-state index in [9.17, 15) is 13.2 Å². The highest BCUT2D eigenvalue weighted by atomic mass is 127. The topological polar surface area (TPSA) is 63.2 Å². The van der Waals surface area contributed by atoms with Crippen molar-refractivity contribution in [2.24, 2.45) is 0 Å². The minimum absolute atomic E-state index is 0.268. The maximum atomic E-state index is 11.2. The lowest BCUT2D eigenvalue weighted by Gasteiger charge is -2.13. The lowest BCUT2D eigenvalue weighted by molar-refractivity contribution is -0.115. The number of amides is 1. The zero-order chi connectivity index (χ0) is 10.8. The maximum Gasteiger partial charge on any atom is 0.259 e. The van der Waals surface area contributed by atoms with E-state index in [1.165, 1.54) is 12.3 Å². The predicted octanol–water partition coefficient (Wildman–Crippen LogP) is 0.752. The molecule has 1 amide bonds. The minimum atomic E-state index is -3.11.